The Morgan fingerprint density at radius 1 is 0.767 bits per heavy atom. The Kier molecular flexibility index (Phi) is 8.82. The zero-order valence-corrected chi connectivity index (χ0v) is 24.9. The molecule has 9 nitrogen and oxygen atoms in total. The van der Waals surface area contributed by atoms with Gasteiger partial charge in [0, 0.05) is 24.2 Å². The van der Waals surface area contributed by atoms with E-state index in [2.05, 4.69) is 22.2 Å². The molecule has 0 aliphatic carbocycles. The van der Waals surface area contributed by atoms with Gasteiger partial charge in [-0.1, -0.05) is 24.3 Å². The van der Waals surface area contributed by atoms with Crippen LogP contribution in [0.5, 0.6) is 23.0 Å². The standard InChI is InChI=1S/C34H35N3O6/c1-37(20-22-11-14-26(40-2)29(19-22)43-5)18-17-21-9-12-23(13-10-21)35-34(39)25-8-6-7-24-31(25)36-32-28(42-4)16-15-27(41-3)30(32)33(24)38/h6-16,19H,17-18,20H2,1-5H3,(H,35,39)(H,36,38). The summed E-state index contributed by atoms with van der Waals surface area (Å²) in [5, 5.41) is 3.72. The van der Waals surface area contributed by atoms with Crippen LogP contribution in [-0.2, 0) is 13.0 Å². The number of benzene rings is 4. The SMILES string of the molecule is COc1ccc(CN(C)CCc2ccc(NC(=O)c3cccc4c(=O)c5c(OC)ccc(OC)c5[nH]c34)cc2)cc1OC. The van der Waals surface area contributed by atoms with E-state index < -0.39 is 0 Å². The summed E-state index contributed by atoms with van der Waals surface area (Å²) in [6.07, 6.45) is 0.848. The number of carbonyl (C=O) groups is 1. The summed E-state index contributed by atoms with van der Waals surface area (Å²) in [6.45, 7) is 1.63. The summed E-state index contributed by atoms with van der Waals surface area (Å²) >= 11 is 0. The second-order valence-corrected chi connectivity index (χ2v) is 10.2. The van der Waals surface area contributed by atoms with Gasteiger partial charge in [0.2, 0.25) is 5.43 Å². The van der Waals surface area contributed by atoms with Crippen molar-refractivity contribution >= 4 is 33.4 Å². The first-order chi connectivity index (χ1) is 20.9. The number of para-hydroxylation sites is 1. The normalized spacial score (nSPS) is 11.1. The quantitative estimate of drug-likeness (QED) is 0.195. The van der Waals surface area contributed by atoms with Crippen LogP contribution in [0, 0.1) is 0 Å². The number of carbonyl (C=O) groups excluding carboxylic acids is 1. The highest BCUT2D eigenvalue weighted by Gasteiger charge is 2.18. The lowest BCUT2D eigenvalue weighted by Crippen LogP contribution is -2.20. The number of fused-ring (bicyclic) bond motifs is 2. The number of methoxy groups -OCH3 is 4. The van der Waals surface area contributed by atoms with Crippen LogP contribution in [0.4, 0.5) is 5.69 Å². The summed E-state index contributed by atoms with van der Waals surface area (Å²) in [6, 6.07) is 22.2. The number of ether oxygens (including phenoxy) is 4. The molecule has 5 rings (SSSR count). The fourth-order valence-corrected chi connectivity index (χ4v) is 5.22. The molecular formula is C34H35N3O6. The third kappa shape index (κ3) is 6.12. The minimum atomic E-state index is -0.329. The van der Waals surface area contributed by atoms with Crippen LogP contribution in [0.2, 0.25) is 0 Å². The third-order valence-corrected chi connectivity index (χ3v) is 7.49. The lowest BCUT2D eigenvalue weighted by atomic mass is 10.0. The van der Waals surface area contributed by atoms with Crippen molar-refractivity contribution in [3.8, 4) is 23.0 Å². The van der Waals surface area contributed by atoms with Crippen LogP contribution < -0.4 is 29.7 Å². The number of aromatic amines is 1. The predicted octanol–water partition coefficient (Wildman–Crippen LogP) is 5.64. The minimum absolute atomic E-state index is 0.241. The van der Waals surface area contributed by atoms with Gasteiger partial charge in [-0.15, -0.1) is 0 Å². The van der Waals surface area contributed by atoms with Crippen LogP contribution in [0.15, 0.2) is 77.6 Å². The molecule has 0 spiro atoms. The van der Waals surface area contributed by atoms with E-state index >= 15 is 0 Å². The fourth-order valence-electron chi connectivity index (χ4n) is 5.22. The summed E-state index contributed by atoms with van der Waals surface area (Å²) < 4.78 is 21.7. The molecule has 0 unspecified atom stereocenters. The highest BCUT2D eigenvalue weighted by atomic mass is 16.5. The molecule has 0 radical (unpaired) electrons. The Hall–Kier alpha value is -5.02. The van der Waals surface area contributed by atoms with E-state index in [9.17, 15) is 9.59 Å². The highest BCUT2D eigenvalue weighted by Crippen LogP contribution is 2.32. The number of amides is 1. The lowest BCUT2D eigenvalue weighted by Gasteiger charge is -2.18. The molecule has 0 bridgehead atoms. The first kappa shape index (κ1) is 29.5. The summed E-state index contributed by atoms with van der Waals surface area (Å²) in [7, 11) is 8.38. The maximum absolute atomic E-state index is 13.5. The van der Waals surface area contributed by atoms with Gasteiger partial charge in [0.1, 0.15) is 11.5 Å². The first-order valence-corrected chi connectivity index (χ1v) is 13.9. The lowest BCUT2D eigenvalue weighted by molar-refractivity contribution is 0.102. The van der Waals surface area contributed by atoms with Crippen LogP contribution >= 0.6 is 0 Å². The molecule has 2 N–H and O–H groups in total. The molecule has 222 valence electrons. The van der Waals surface area contributed by atoms with Crippen molar-refractivity contribution in [3.63, 3.8) is 0 Å². The van der Waals surface area contributed by atoms with E-state index in [4.69, 9.17) is 18.9 Å². The molecule has 0 aliphatic heterocycles. The van der Waals surface area contributed by atoms with Crippen molar-refractivity contribution in [1.29, 1.82) is 0 Å². The smallest absolute Gasteiger partial charge is 0.257 e. The monoisotopic (exact) mass is 581 g/mol. The van der Waals surface area contributed by atoms with Gasteiger partial charge in [0.15, 0.2) is 11.5 Å². The summed E-state index contributed by atoms with van der Waals surface area (Å²) in [5.41, 5.74) is 3.96. The Morgan fingerprint density at radius 2 is 1.42 bits per heavy atom. The van der Waals surface area contributed by atoms with E-state index in [1.165, 1.54) is 14.2 Å². The molecule has 5 aromatic rings. The molecule has 0 saturated carbocycles. The molecular weight excluding hydrogens is 546 g/mol. The molecule has 0 aliphatic rings. The summed E-state index contributed by atoms with van der Waals surface area (Å²) in [5.74, 6) is 2.01. The minimum Gasteiger partial charge on any atom is -0.496 e. The van der Waals surface area contributed by atoms with Gasteiger partial charge in [-0.2, -0.15) is 0 Å². The number of nitrogens with one attached hydrogen (secondary N) is 2. The number of anilines is 1. The van der Waals surface area contributed by atoms with Crippen molar-refractivity contribution in [2.24, 2.45) is 0 Å². The first-order valence-electron chi connectivity index (χ1n) is 13.9. The largest absolute Gasteiger partial charge is 0.496 e. The maximum Gasteiger partial charge on any atom is 0.257 e. The number of H-pyrrole nitrogens is 1. The van der Waals surface area contributed by atoms with Crippen molar-refractivity contribution in [2.45, 2.75) is 13.0 Å². The molecule has 1 amide bonds. The Balaban J connectivity index is 1.29. The molecule has 0 atom stereocenters. The van der Waals surface area contributed by atoms with E-state index in [0.717, 1.165) is 30.6 Å². The Labute approximate surface area is 249 Å². The van der Waals surface area contributed by atoms with Crippen molar-refractivity contribution < 1.29 is 23.7 Å². The van der Waals surface area contributed by atoms with Crippen LogP contribution in [-0.4, -0.2) is 57.8 Å². The maximum atomic E-state index is 13.5. The predicted molar refractivity (Wildman–Crippen MR) is 169 cm³/mol. The zero-order valence-electron chi connectivity index (χ0n) is 24.9. The van der Waals surface area contributed by atoms with Crippen LogP contribution in [0.3, 0.4) is 0 Å². The topological polar surface area (TPSA) is 102 Å². The molecule has 1 aromatic heterocycles. The molecule has 9 heteroatoms. The van der Waals surface area contributed by atoms with Crippen LogP contribution in [0.25, 0.3) is 21.8 Å². The molecule has 0 fully saturated rings. The average molecular weight is 582 g/mol. The van der Waals surface area contributed by atoms with Gasteiger partial charge in [-0.25, -0.2) is 0 Å². The third-order valence-electron chi connectivity index (χ3n) is 7.49. The fraction of sp³-hybridized carbons (Fsp3) is 0.235. The Morgan fingerprint density at radius 3 is 2.12 bits per heavy atom. The van der Waals surface area contributed by atoms with Gasteiger partial charge in [-0.3, -0.25) is 9.59 Å². The van der Waals surface area contributed by atoms with E-state index in [1.54, 1.807) is 44.6 Å². The number of aromatic nitrogens is 1. The van der Waals surface area contributed by atoms with Gasteiger partial charge in [-0.05, 0) is 73.1 Å². The molecule has 0 saturated heterocycles. The second kappa shape index (κ2) is 12.9. The number of nitrogens with zero attached hydrogens (tertiary/aromatic N) is 1. The number of hydrogen-bond donors (Lipinski definition) is 2. The van der Waals surface area contributed by atoms with Crippen molar-refractivity contribution in [2.75, 3.05) is 47.3 Å². The Bertz CT molecular complexity index is 1830. The number of pyridine rings is 1. The summed E-state index contributed by atoms with van der Waals surface area (Å²) in [4.78, 5) is 32.4. The second-order valence-electron chi connectivity index (χ2n) is 10.2. The molecule has 4 aromatic carbocycles. The zero-order chi connectivity index (χ0) is 30.5. The number of hydrogen-bond acceptors (Lipinski definition) is 7. The molecule has 1 heterocycles. The molecule has 43 heavy (non-hydrogen) atoms. The van der Waals surface area contributed by atoms with Crippen molar-refractivity contribution in [1.82, 2.24) is 9.88 Å². The van der Waals surface area contributed by atoms with Crippen molar-refractivity contribution in [3.05, 3.63) is 99.7 Å². The highest BCUT2D eigenvalue weighted by molar-refractivity contribution is 6.13. The van der Waals surface area contributed by atoms with Gasteiger partial charge >= 0.3 is 0 Å². The van der Waals surface area contributed by atoms with E-state index in [1.807, 2.05) is 42.5 Å². The average Bonchev–Trinajstić information content (AvgIpc) is 3.03. The van der Waals surface area contributed by atoms with E-state index in [0.29, 0.717) is 56.1 Å². The number of likely N-dealkylation sites (N-methyl/N-ethyl adjacent to an activating group) is 1. The van der Waals surface area contributed by atoms with E-state index in [-0.39, 0.29) is 11.3 Å². The van der Waals surface area contributed by atoms with Gasteiger partial charge < -0.3 is 34.1 Å². The number of rotatable bonds is 11. The van der Waals surface area contributed by atoms with Gasteiger partial charge in [0.05, 0.1) is 50.4 Å². The van der Waals surface area contributed by atoms with Gasteiger partial charge in [0.25, 0.3) is 5.91 Å². The van der Waals surface area contributed by atoms with Crippen LogP contribution in [0.1, 0.15) is 21.5 Å².